The summed E-state index contributed by atoms with van der Waals surface area (Å²) in [6, 6.07) is 0.452. The highest BCUT2D eigenvalue weighted by atomic mass is 16.5. The molecule has 1 N–H and O–H groups in total. The Hall–Kier alpha value is -0.900. The summed E-state index contributed by atoms with van der Waals surface area (Å²) in [5.41, 5.74) is 0. The third-order valence-electron chi connectivity index (χ3n) is 1.64. The molecular formula is C9H17N3O. The van der Waals surface area contributed by atoms with Gasteiger partial charge in [-0.3, -0.25) is 0 Å². The van der Waals surface area contributed by atoms with Crippen LogP contribution in [0.25, 0.3) is 0 Å². The van der Waals surface area contributed by atoms with Crippen LogP contribution in [0.1, 0.15) is 38.9 Å². The molecule has 1 aromatic heterocycles. The van der Waals surface area contributed by atoms with Crippen LogP contribution in [0.2, 0.25) is 0 Å². The van der Waals surface area contributed by atoms with E-state index < -0.39 is 0 Å². The molecule has 0 aliphatic carbocycles. The molecule has 4 heteroatoms. The smallest absolute Gasteiger partial charge is 0.226 e. The molecule has 0 spiro atoms. The van der Waals surface area contributed by atoms with Crippen LogP contribution in [0.4, 0.5) is 0 Å². The Bertz CT molecular complexity index is 245. The van der Waals surface area contributed by atoms with Crippen molar-refractivity contribution in [2.24, 2.45) is 0 Å². The van der Waals surface area contributed by atoms with Crippen LogP contribution in [-0.4, -0.2) is 16.2 Å². The summed E-state index contributed by atoms with van der Waals surface area (Å²) in [4.78, 5) is 4.23. The monoisotopic (exact) mass is 183 g/mol. The molecule has 1 heterocycles. The van der Waals surface area contributed by atoms with Crippen molar-refractivity contribution in [3.05, 3.63) is 11.7 Å². The molecule has 0 bridgehead atoms. The zero-order valence-corrected chi connectivity index (χ0v) is 8.50. The first-order valence-electron chi connectivity index (χ1n) is 4.77. The lowest BCUT2D eigenvalue weighted by atomic mass is 10.3. The minimum Gasteiger partial charge on any atom is -0.339 e. The molecule has 4 nitrogen and oxygen atoms in total. The zero-order valence-electron chi connectivity index (χ0n) is 8.50. The van der Waals surface area contributed by atoms with Gasteiger partial charge in [-0.25, -0.2) is 0 Å². The van der Waals surface area contributed by atoms with Gasteiger partial charge in [0, 0.05) is 12.5 Å². The molecule has 74 valence electrons. The van der Waals surface area contributed by atoms with E-state index in [-0.39, 0.29) is 0 Å². The van der Waals surface area contributed by atoms with Gasteiger partial charge in [0.1, 0.15) is 0 Å². The largest absolute Gasteiger partial charge is 0.339 e. The van der Waals surface area contributed by atoms with Gasteiger partial charge in [-0.2, -0.15) is 4.98 Å². The van der Waals surface area contributed by atoms with Gasteiger partial charge in [0.25, 0.3) is 0 Å². The average Bonchev–Trinajstić information content (AvgIpc) is 2.50. The first kappa shape index (κ1) is 10.2. The molecule has 0 amide bonds. The molecule has 0 unspecified atom stereocenters. The highest BCUT2D eigenvalue weighted by Gasteiger charge is 2.04. The zero-order chi connectivity index (χ0) is 9.68. The molecule has 0 saturated heterocycles. The summed E-state index contributed by atoms with van der Waals surface area (Å²) in [5.74, 6) is 1.49. The van der Waals surface area contributed by atoms with E-state index in [1.165, 1.54) is 0 Å². The maximum atomic E-state index is 5.04. The number of rotatable bonds is 5. The van der Waals surface area contributed by atoms with Crippen molar-refractivity contribution < 1.29 is 4.52 Å². The summed E-state index contributed by atoms with van der Waals surface area (Å²) < 4.78 is 5.04. The first-order valence-corrected chi connectivity index (χ1v) is 4.77. The molecule has 0 saturated carbocycles. The van der Waals surface area contributed by atoms with Crippen LogP contribution in [0.5, 0.6) is 0 Å². The van der Waals surface area contributed by atoms with E-state index >= 15 is 0 Å². The molecule has 0 atom stereocenters. The second-order valence-corrected chi connectivity index (χ2v) is 3.39. The molecular weight excluding hydrogens is 166 g/mol. The number of nitrogens with one attached hydrogen (secondary N) is 1. The van der Waals surface area contributed by atoms with Gasteiger partial charge in [0.2, 0.25) is 5.89 Å². The molecule has 0 fully saturated rings. The van der Waals surface area contributed by atoms with Gasteiger partial charge in [0.15, 0.2) is 5.82 Å². The lowest BCUT2D eigenvalue weighted by molar-refractivity contribution is 0.369. The van der Waals surface area contributed by atoms with Gasteiger partial charge >= 0.3 is 0 Å². The van der Waals surface area contributed by atoms with Crippen LogP contribution >= 0.6 is 0 Å². The molecule has 0 aromatic carbocycles. The number of nitrogens with zero attached hydrogens (tertiary/aromatic N) is 2. The van der Waals surface area contributed by atoms with Crippen LogP contribution in [-0.2, 0) is 13.0 Å². The van der Waals surface area contributed by atoms with Gasteiger partial charge in [0.05, 0.1) is 6.54 Å². The summed E-state index contributed by atoms with van der Waals surface area (Å²) in [6.45, 7) is 6.96. The van der Waals surface area contributed by atoms with Crippen molar-refractivity contribution in [2.75, 3.05) is 0 Å². The Labute approximate surface area is 78.7 Å². The van der Waals surface area contributed by atoms with Gasteiger partial charge in [-0.1, -0.05) is 25.9 Å². The predicted molar refractivity (Wildman–Crippen MR) is 50.3 cm³/mol. The molecule has 1 aromatic rings. The first-order chi connectivity index (χ1) is 6.22. The maximum Gasteiger partial charge on any atom is 0.226 e. The number of hydrogen-bond acceptors (Lipinski definition) is 4. The van der Waals surface area contributed by atoms with Crippen molar-refractivity contribution in [3.63, 3.8) is 0 Å². The van der Waals surface area contributed by atoms with E-state index in [1.807, 2.05) is 0 Å². The van der Waals surface area contributed by atoms with Crippen LogP contribution in [0.15, 0.2) is 4.52 Å². The highest BCUT2D eigenvalue weighted by Crippen LogP contribution is 2.00. The maximum absolute atomic E-state index is 5.04. The van der Waals surface area contributed by atoms with Crippen LogP contribution < -0.4 is 5.32 Å². The Morgan fingerprint density at radius 1 is 1.46 bits per heavy atom. The second-order valence-electron chi connectivity index (χ2n) is 3.39. The molecule has 0 aliphatic rings. The van der Waals surface area contributed by atoms with Crippen molar-refractivity contribution in [3.8, 4) is 0 Å². The standard InChI is InChI=1S/C9H17N3O/c1-4-5-9-11-8(12-13-9)6-10-7(2)3/h7,10H,4-6H2,1-3H3. The Morgan fingerprint density at radius 2 is 2.23 bits per heavy atom. The summed E-state index contributed by atoms with van der Waals surface area (Å²) >= 11 is 0. The van der Waals surface area contributed by atoms with Crippen LogP contribution in [0.3, 0.4) is 0 Å². The number of hydrogen-bond donors (Lipinski definition) is 1. The van der Waals surface area contributed by atoms with Crippen molar-refractivity contribution in [2.45, 2.75) is 46.2 Å². The van der Waals surface area contributed by atoms with E-state index in [0.29, 0.717) is 12.6 Å². The van der Waals surface area contributed by atoms with E-state index in [2.05, 4.69) is 36.2 Å². The topological polar surface area (TPSA) is 51.0 Å². The van der Waals surface area contributed by atoms with Gasteiger partial charge < -0.3 is 9.84 Å². The van der Waals surface area contributed by atoms with E-state index in [0.717, 1.165) is 24.6 Å². The SMILES string of the molecule is CCCc1nc(CNC(C)C)no1. The minimum atomic E-state index is 0.452. The average molecular weight is 183 g/mol. The molecule has 0 aliphatic heterocycles. The van der Waals surface area contributed by atoms with E-state index in [4.69, 9.17) is 4.52 Å². The minimum absolute atomic E-state index is 0.452. The summed E-state index contributed by atoms with van der Waals surface area (Å²) in [7, 11) is 0. The Kier molecular flexibility index (Phi) is 3.89. The normalized spacial score (nSPS) is 11.1. The number of aryl methyl sites for hydroxylation is 1. The third-order valence-corrected chi connectivity index (χ3v) is 1.64. The fraction of sp³-hybridized carbons (Fsp3) is 0.778. The Balaban J connectivity index is 2.39. The predicted octanol–water partition coefficient (Wildman–Crippen LogP) is 1.52. The van der Waals surface area contributed by atoms with Gasteiger partial charge in [-0.05, 0) is 6.42 Å². The fourth-order valence-corrected chi connectivity index (χ4v) is 0.973. The summed E-state index contributed by atoms with van der Waals surface area (Å²) in [6.07, 6.45) is 1.91. The lowest BCUT2D eigenvalue weighted by Gasteiger charge is -2.02. The van der Waals surface area contributed by atoms with Gasteiger partial charge in [-0.15, -0.1) is 0 Å². The van der Waals surface area contributed by atoms with Crippen molar-refractivity contribution >= 4 is 0 Å². The van der Waals surface area contributed by atoms with E-state index in [9.17, 15) is 0 Å². The van der Waals surface area contributed by atoms with Crippen LogP contribution in [0, 0.1) is 0 Å². The molecule has 1 rings (SSSR count). The third kappa shape index (κ3) is 3.55. The second kappa shape index (κ2) is 4.97. The number of aromatic nitrogens is 2. The van der Waals surface area contributed by atoms with Crippen molar-refractivity contribution in [1.82, 2.24) is 15.5 Å². The highest BCUT2D eigenvalue weighted by molar-refractivity contribution is 4.85. The summed E-state index contributed by atoms with van der Waals surface area (Å²) in [5, 5.41) is 7.09. The fourth-order valence-electron chi connectivity index (χ4n) is 0.973. The lowest BCUT2D eigenvalue weighted by Crippen LogP contribution is -2.22. The van der Waals surface area contributed by atoms with Crippen molar-refractivity contribution in [1.29, 1.82) is 0 Å². The molecule has 0 radical (unpaired) electrons. The quantitative estimate of drug-likeness (QED) is 0.752. The molecule has 13 heavy (non-hydrogen) atoms. The Morgan fingerprint density at radius 3 is 2.85 bits per heavy atom. The van der Waals surface area contributed by atoms with E-state index in [1.54, 1.807) is 0 Å².